The fourth-order valence-corrected chi connectivity index (χ4v) is 2.25. The van der Waals surface area contributed by atoms with Crippen LogP contribution in [0.15, 0.2) is 6.20 Å². The minimum atomic E-state index is -0.0789. The van der Waals surface area contributed by atoms with Crippen molar-refractivity contribution in [2.75, 3.05) is 33.2 Å². The predicted octanol–water partition coefficient (Wildman–Crippen LogP) is -0.0298. The van der Waals surface area contributed by atoms with E-state index in [2.05, 4.69) is 32.1 Å². The molecule has 1 aliphatic heterocycles. The van der Waals surface area contributed by atoms with Crippen LogP contribution in [-0.2, 0) is 11.3 Å². The summed E-state index contributed by atoms with van der Waals surface area (Å²) in [5.41, 5.74) is 1.01. The number of aromatic nitrogens is 2. The predicted molar refractivity (Wildman–Crippen MR) is 73.7 cm³/mol. The maximum Gasteiger partial charge on any atom is 0.237 e. The van der Waals surface area contributed by atoms with E-state index in [1.807, 2.05) is 13.8 Å². The Morgan fingerprint density at radius 1 is 1.47 bits per heavy atom. The summed E-state index contributed by atoms with van der Waals surface area (Å²) in [6, 6.07) is -0.0789. The van der Waals surface area contributed by atoms with Crippen molar-refractivity contribution in [1.29, 1.82) is 0 Å². The summed E-state index contributed by atoms with van der Waals surface area (Å²) in [7, 11) is 2.11. The van der Waals surface area contributed by atoms with Crippen LogP contribution in [0, 0.1) is 6.92 Å². The highest BCUT2D eigenvalue weighted by atomic mass is 16.2. The third-order valence-electron chi connectivity index (χ3n) is 3.65. The molecule has 0 aliphatic carbocycles. The van der Waals surface area contributed by atoms with Crippen molar-refractivity contribution in [1.82, 2.24) is 25.1 Å². The molecule has 1 atom stereocenters. The number of likely N-dealkylation sites (N-methyl/N-ethyl adjacent to an activating group) is 1. The number of amides is 1. The summed E-state index contributed by atoms with van der Waals surface area (Å²) in [6.45, 7) is 8.32. The monoisotopic (exact) mass is 265 g/mol. The van der Waals surface area contributed by atoms with Crippen LogP contribution in [0.3, 0.4) is 0 Å². The molecule has 1 fully saturated rings. The van der Waals surface area contributed by atoms with Gasteiger partial charge in [0.15, 0.2) is 0 Å². The lowest BCUT2D eigenvalue weighted by Gasteiger charge is -2.35. The summed E-state index contributed by atoms with van der Waals surface area (Å²) in [5, 5.41) is 2.93. The van der Waals surface area contributed by atoms with Crippen LogP contribution in [0.4, 0.5) is 0 Å². The van der Waals surface area contributed by atoms with Gasteiger partial charge in [-0.1, -0.05) is 0 Å². The lowest BCUT2D eigenvalue weighted by molar-refractivity contribution is -0.126. The van der Waals surface area contributed by atoms with Gasteiger partial charge >= 0.3 is 0 Å². The van der Waals surface area contributed by atoms with Crippen LogP contribution in [-0.4, -0.2) is 64.9 Å². The second kappa shape index (κ2) is 6.16. The quantitative estimate of drug-likeness (QED) is 0.802. The number of nitrogens with zero attached hydrogens (tertiary/aromatic N) is 3. The minimum absolute atomic E-state index is 0.0682. The number of piperazine rings is 1. The van der Waals surface area contributed by atoms with E-state index in [4.69, 9.17) is 0 Å². The number of aryl methyl sites for hydroxylation is 1. The Hall–Kier alpha value is -1.40. The number of hydrogen-bond acceptors (Lipinski definition) is 4. The zero-order valence-corrected chi connectivity index (χ0v) is 11.9. The maximum absolute atomic E-state index is 12.1. The molecular weight excluding hydrogens is 242 g/mol. The Labute approximate surface area is 114 Å². The van der Waals surface area contributed by atoms with Crippen LogP contribution in [0.2, 0.25) is 0 Å². The molecule has 1 aromatic rings. The molecule has 1 saturated heterocycles. The highest BCUT2D eigenvalue weighted by molar-refractivity contribution is 5.81. The molecule has 0 radical (unpaired) electrons. The van der Waals surface area contributed by atoms with Gasteiger partial charge < -0.3 is 15.2 Å². The third kappa shape index (κ3) is 3.78. The second-order valence-corrected chi connectivity index (χ2v) is 5.25. The molecule has 1 unspecified atom stereocenters. The van der Waals surface area contributed by atoms with E-state index < -0.39 is 0 Å². The van der Waals surface area contributed by atoms with E-state index in [1.54, 1.807) is 6.20 Å². The highest BCUT2D eigenvalue weighted by Crippen LogP contribution is 2.05. The van der Waals surface area contributed by atoms with Crippen molar-refractivity contribution in [2.24, 2.45) is 0 Å². The Balaban J connectivity index is 1.79. The molecule has 0 bridgehead atoms. The number of nitrogens with one attached hydrogen (secondary N) is 2. The smallest absolute Gasteiger partial charge is 0.237 e. The maximum atomic E-state index is 12.1. The van der Waals surface area contributed by atoms with E-state index >= 15 is 0 Å². The molecule has 1 aliphatic rings. The largest absolute Gasteiger partial charge is 0.348 e. The number of hydrogen-bond donors (Lipinski definition) is 2. The van der Waals surface area contributed by atoms with Crippen LogP contribution in [0.25, 0.3) is 0 Å². The summed E-state index contributed by atoms with van der Waals surface area (Å²) in [5.74, 6) is 0.870. The standard InChI is InChI=1S/C13H23N5O/c1-10-8-14-12(16-10)9-15-13(19)11(2)18-6-4-17(3)5-7-18/h8,11H,4-7,9H2,1-3H3,(H,14,16)(H,15,19). The first kappa shape index (κ1) is 14.0. The van der Waals surface area contributed by atoms with E-state index in [9.17, 15) is 4.79 Å². The fourth-order valence-electron chi connectivity index (χ4n) is 2.25. The zero-order valence-electron chi connectivity index (χ0n) is 11.9. The van der Waals surface area contributed by atoms with Gasteiger partial charge in [0.1, 0.15) is 5.82 Å². The molecule has 2 rings (SSSR count). The first-order valence-electron chi connectivity index (χ1n) is 6.77. The van der Waals surface area contributed by atoms with Crippen molar-refractivity contribution in [3.8, 4) is 0 Å². The first-order valence-corrected chi connectivity index (χ1v) is 6.77. The minimum Gasteiger partial charge on any atom is -0.348 e. The van der Waals surface area contributed by atoms with E-state index in [1.165, 1.54) is 0 Å². The molecule has 6 heteroatoms. The Kier molecular flexibility index (Phi) is 4.55. The van der Waals surface area contributed by atoms with E-state index in [0.717, 1.165) is 37.7 Å². The lowest BCUT2D eigenvalue weighted by atomic mass is 10.2. The average Bonchev–Trinajstić information content (AvgIpc) is 2.82. The van der Waals surface area contributed by atoms with Crippen molar-refractivity contribution < 1.29 is 4.79 Å². The average molecular weight is 265 g/mol. The van der Waals surface area contributed by atoms with Crippen LogP contribution in [0.1, 0.15) is 18.4 Å². The number of imidazole rings is 1. The van der Waals surface area contributed by atoms with Gasteiger partial charge in [0, 0.05) is 38.1 Å². The van der Waals surface area contributed by atoms with Gasteiger partial charge in [0.25, 0.3) is 0 Å². The SMILES string of the molecule is Cc1cnc(CNC(=O)C(C)N2CCN(C)CC2)[nH]1. The van der Waals surface area contributed by atoms with Crippen molar-refractivity contribution in [2.45, 2.75) is 26.4 Å². The first-order chi connectivity index (χ1) is 9.06. The number of rotatable bonds is 4. The molecule has 19 heavy (non-hydrogen) atoms. The van der Waals surface area contributed by atoms with Gasteiger partial charge in [-0.15, -0.1) is 0 Å². The highest BCUT2D eigenvalue weighted by Gasteiger charge is 2.24. The second-order valence-electron chi connectivity index (χ2n) is 5.25. The molecule has 0 saturated carbocycles. The van der Waals surface area contributed by atoms with E-state index in [0.29, 0.717) is 6.54 Å². The molecule has 106 valence electrons. The molecule has 2 N–H and O–H groups in total. The number of aromatic amines is 1. The molecule has 1 amide bonds. The molecule has 1 aromatic heterocycles. The normalized spacial score (nSPS) is 19.3. The number of carbonyl (C=O) groups excluding carboxylic acids is 1. The summed E-state index contributed by atoms with van der Waals surface area (Å²) in [6.07, 6.45) is 1.77. The number of carbonyl (C=O) groups is 1. The third-order valence-corrected chi connectivity index (χ3v) is 3.65. The Bertz CT molecular complexity index is 422. The summed E-state index contributed by atoms with van der Waals surface area (Å²) >= 11 is 0. The molecule has 0 spiro atoms. The van der Waals surface area contributed by atoms with Gasteiger partial charge in [-0.05, 0) is 20.9 Å². The summed E-state index contributed by atoms with van der Waals surface area (Å²) in [4.78, 5) is 23.9. The lowest BCUT2D eigenvalue weighted by Crippen LogP contribution is -2.52. The Morgan fingerprint density at radius 2 is 2.16 bits per heavy atom. The van der Waals surface area contributed by atoms with Crippen molar-refractivity contribution in [3.63, 3.8) is 0 Å². The molecule has 6 nitrogen and oxygen atoms in total. The Morgan fingerprint density at radius 3 is 2.74 bits per heavy atom. The van der Waals surface area contributed by atoms with Gasteiger partial charge in [0.2, 0.25) is 5.91 Å². The zero-order chi connectivity index (χ0) is 13.8. The van der Waals surface area contributed by atoms with E-state index in [-0.39, 0.29) is 11.9 Å². The van der Waals surface area contributed by atoms with Crippen molar-refractivity contribution >= 4 is 5.91 Å². The van der Waals surface area contributed by atoms with Gasteiger partial charge in [-0.3, -0.25) is 9.69 Å². The van der Waals surface area contributed by atoms with Crippen LogP contribution < -0.4 is 5.32 Å². The van der Waals surface area contributed by atoms with Crippen LogP contribution in [0.5, 0.6) is 0 Å². The van der Waals surface area contributed by atoms with Crippen molar-refractivity contribution in [3.05, 3.63) is 17.7 Å². The molecule has 2 heterocycles. The van der Waals surface area contributed by atoms with Gasteiger partial charge in [-0.2, -0.15) is 0 Å². The molecule has 0 aromatic carbocycles. The topological polar surface area (TPSA) is 64.3 Å². The number of H-pyrrole nitrogens is 1. The molecular formula is C13H23N5O. The van der Waals surface area contributed by atoms with Crippen LogP contribution >= 0.6 is 0 Å². The fraction of sp³-hybridized carbons (Fsp3) is 0.692. The van der Waals surface area contributed by atoms with Gasteiger partial charge in [0.05, 0.1) is 12.6 Å². The van der Waals surface area contributed by atoms with Gasteiger partial charge in [-0.25, -0.2) is 4.98 Å². The summed E-state index contributed by atoms with van der Waals surface area (Å²) < 4.78 is 0.